The number of likely N-dealkylation sites (N-methyl/N-ethyl adjacent to an activating group) is 1. The molecule has 1 aromatic carbocycles. The lowest BCUT2D eigenvalue weighted by Crippen LogP contribution is -2.36. The van der Waals surface area contributed by atoms with E-state index in [0.29, 0.717) is 19.6 Å². The van der Waals surface area contributed by atoms with Crippen LogP contribution in [0.1, 0.15) is 25.0 Å². The van der Waals surface area contributed by atoms with Gasteiger partial charge in [-0.05, 0) is 44.2 Å². The highest BCUT2D eigenvalue weighted by atomic mass is 19.1. The number of nitrogens with two attached hydrogens (primary N) is 1. The summed E-state index contributed by atoms with van der Waals surface area (Å²) >= 11 is 0. The molecule has 0 fully saturated rings. The molecule has 4 heteroatoms. The van der Waals surface area contributed by atoms with Crippen LogP contribution in [0.25, 0.3) is 0 Å². The number of hydrogen-bond donors (Lipinski definition) is 2. The van der Waals surface area contributed by atoms with Gasteiger partial charge >= 0.3 is 0 Å². The summed E-state index contributed by atoms with van der Waals surface area (Å²) in [5.41, 5.74) is 6.66. The van der Waals surface area contributed by atoms with Crippen molar-refractivity contribution < 1.29 is 9.50 Å². The summed E-state index contributed by atoms with van der Waals surface area (Å²) in [6.07, 6.45) is 0. The van der Waals surface area contributed by atoms with E-state index in [1.165, 1.54) is 12.1 Å². The lowest BCUT2D eigenvalue weighted by Gasteiger charge is -2.26. The molecule has 3 nitrogen and oxygen atoms in total. The Morgan fingerprint density at radius 1 is 1.35 bits per heavy atom. The number of rotatable bonds is 5. The molecule has 0 bridgehead atoms. The topological polar surface area (TPSA) is 49.5 Å². The fourth-order valence-electron chi connectivity index (χ4n) is 1.95. The van der Waals surface area contributed by atoms with Gasteiger partial charge in [0.15, 0.2) is 0 Å². The van der Waals surface area contributed by atoms with Crippen molar-refractivity contribution in [1.82, 2.24) is 4.90 Å². The van der Waals surface area contributed by atoms with Crippen molar-refractivity contribution in [1.29, 1.82) is 0 Å². The van der Waals surface area contributed by atoms with Crippen molar-refractivity contribution in [2.45, 2.75) is 32.5 Å². The van der Waals surface area contributed by atoms with E-state index in [2.05, 4.69) is 0 Å². The maximum Gasteiger partial charge on any atom is 0.123 e. The SMILES string of the molecule is CN(Cc1ccc(F)cc1CN)CC(C)(C)O. The van der Waals surface area contributed by atoms with Crippen LogP contribution in [0.3, 0.4) is 0 Å². The molecule has 96 valence electrons. The van der Waals surface area contributed by atoms with Crippen LogP contribution in [-0.2, 0) is 13.1 Å². The maximum absolute atomic E-state index is 13.0. The number of nitrogens with zero attached hydrogens (tertiary/aromatic N) is 1. The molecule has 0 unspecified atom stereocenters. The normalized spacial score (nSPS) is 12.2. The van der Waals surface area contributed by atoms with Crippen LogP contribution >= 0.6 is 0 Å². The molecular formula is C13H21FN2O. The molecule has 17 heavy (non-hydrogen) atoms. The van der Waals surface area contributed by atoms with Crippen molar-refractivity contribution >= 4 is 0 Å². The molecule has 0 aliphatic rings. The first-order valence-electron chi connectivity index (χ1n) is 5.70. The van der Waals surface area contributed by atoms with Gasteiger partial charge in [-0.1, -0.05) is 6.07 Å². The van der Waals surface area contributed by atoms with Crippen molar-refractivity contribution in [2.24, 2.45) is 5.73 Å². The number of aliphatic hydroxyl groups is 1. The van der Waals surface area contributed by atoms with Gasteiger partial charge < -0.3 is 10.8 Å². The molecule has 0 aromatic heterocycles. The lowest BCUT2D eigenvalue weighted by molar-refractivity contribution is 0.0424. The zero-order chi connectivity index (χ0) is 13.1. The van der Waals surface area contributed by atoms with Crippen LogP contribution in [0.2, 0.25) is 0 Å². The van der Waals surface area contributed by atoms with E-state index in [1.807, 2.05) is 11.9 Å². The Morgan fingerprint density at radius 3 is 2.53 bits per heavy atom. The molecule has 0 radical (unpaired) electrons. The minimum Gasteiger partial charge on any atom is -0.389 e. The average Bonchev–Trinajstić information content (AvgIpc) is 2.17. The Hall–Kier alpha value is -0.970. The second kappa shape index (κ2) is 5.58. The number of hydrogen-bond acceptors (Lipinski definition) is 3. The van der Waals surface area contributed by atoms with Gasteiger partial charge in [-0.2, -0.15) is 0 Å². The Morgan fingerprint density at radius 2 is 2.00 bits per heavy atom. The van der Waals surface area contributed by atoms with E-state index in [0.717, 1.165) is 11.1 Å². The first kappa shape index (κ1) is 14.1. The largest absolute Gasteiger partial charge is 0.389 e. The molecule has 1 aromatic rings. The molecule has 1 rings (SSSR count). The molecule has 0 aliphatic carbocycles. The quantitative estimate of drug-likeness (QED) is 0.819. The average molecular weight is 240 g/mol. The second-order valence-corrected chi connectivity index (χ2v) is 5.10. The lowest BCUT2D eigenvalue weighted by atomic mass is 10.1. The van der Waals surface area contributed by atoms with Crippen LogP contribution in [0.15, 0.2) is 18.2 Å². The second-order valence-electron chi connectivity index (χ2n) is 5.10. The zero-order valence-electron chi connectivity index (χ0n) is 10.7. The van der Waals surface area contributed by atoms with Gasteiger partial charge in [-0.25, -0.2) is 4.39 Å². The van der Waals surface area contributed by atoms with E-state index in [4.69, 9.17) is 5.73 Å². The molecule has 3 N–H and O–H groups in total. The summed E-state index contributed by atoms with van der Waals surface area (Å²) in [5.74, 6) is -0.264. The van der Waals surface area contributed by atoms with E-state index < -0.39 is 5.60 Å². The monoisotopic (exact) mass is 240 g/mol. The smallest absolute Gasteiger partial charge is 0.123 e. The third-order valence-electron chi connectivity index (χ3n) is 2.49. The van der Waals surface area contributed by atoms with Gasteiger partial charge in [0.25, 0.3) is 0 Å². The van der Waals surface area contributed by atoms with Gasteiger partial charge in [0, 0.05) is 19.6 Å². The van der Waals surface area contributed by atoms with Crippen molar-refractivity contribution in [3.05, 3.63) is 35.1 Å². The molecule has 0 aliphatic heterocycles. The van der Waals surface area contributed by atoms with Crippen molar-refractivity contribution in [3.63, 3.8) is 0 Å². The first-order chi connectivity index (χ1) is 7.81. The van der Waals surface area contributed by atoms with Crippen molar-refractivity contribution in [3.8, 4) is 0 Å². The maximum atomic E-state index is 13.0. The van der Waals surface area contributed by atoms with E-state index in [9.17, 15) is 9.50 Å². The summed E-state index contributed by atoms with van der Waals surface area (Å²) < 4.78 is 13.0. The summed E-state index contributed by atoms with van der Waals surface area (Å²) in [6.45, 7) is 5.05. The zero-order valence-corrected chi connectivity index (χ0v) is 10.7. The Kier molecular flexibility index (Phi) is 4.62. The van der Waals surface area contributed by atoms with Crippen LogP contribution in [0, 0.1) is 5.82 Å². The molecule has 0 spiro atoms. The van der Waals surface area contributed by atoms with Crippen LogP contribution < -0.4 is 5.73 Å². The summed E-state index contributed by atoms with van der Waals surface area (Å²) in [4.78, 5) is 1.99. The highest BCUT2D eigenvalue weighted by molar-refractivity contribution is 5.27. The standard InChI is InChI=1S/C13H21FN2O/c1-13(2,17)9-16(3)8-10-4-5-12(14)6-11(10)7-15/h4-6,17H,7-9,15H2,1-3H3. The van der Waals surface area contributed by atoms with Crippen LogP contribution in [0.4, 0.5) is 4.39 Å². The van der Waals surface area contributed by atoms with Crippen LogP contribution in [0.5, 0.6) is 0 Å². The molecular weight excluding hydrogens is 219 g/mol. The fraction of sp³-hybridized carbons (Fsp3) is 0.538. The third-order valence-corrected chi connectivity index (χ3v) is 2.49. The Balaban J connectivity index is 2.74. The third kappa shape index (κ3) is 4.81. The predicted molar refractivity (Wildman–Crippen MR) is 66.9 cm³/mol. The van der Waals surface area contributed by atoms with Gasteiger partial charge in [-0.15, -0.1) is 0 Å². The number of halogens is 1. The molecule has 0 heterocycles. The first-order valence-corrected chi connectivity index (χ1v) is 5.70. The van der Waals surface area contributed by atoms with E-state index in [1.54, 1.807) is 19.9 Å². The molecule has 0 atom stereocenters. The predicted octanol–water partition coefficient (Wildman–Crippen LogP) is 1.49. The summed E-state index contributed by atoms with van der Waals surface area (Å²) in [5, 5.41) is 9.71. The van der Waals surface area contributed by atoms with E-state index in [-0.39, 0.29) is 5.82 Å². The summed E-state index contributed by atoms with van der Waals surface area (Å²) in [6, 6.07) is 4.65. The molecule has 0 amide bonds. The Labute approximate surface area is 102 Å². The highest BCUT2D eigenvalue weighted by Gasteiger charge is 2.16. The number of benzene rings is 1. The molecule has 0 saturated carbocycles. The molecule has 0 saturated heterocycles. The van der Waals surface area contributed by atoms with Crippen molar-refractivity contribution in [2.75, 3.05) is 13.6 Å². The Bertz CT molecular complexity index is 374. The summed E-state index contributed by atoms with van der Waals surface area (Å²) in [7, 11) is 1.92. The fourth-order valence-corrected chi connectivity index (χ4v) is 1.95. The van der Waals surface area contributed by atoms with Gasteiger partial charge in [0.05, 0.1) is 5.60 Å². The minimum absolute atomic E-state index is 0.264. The van der Waals surface area contributed by atoms with Gasteiger partial charge in [0.1, 0.15) is 5.82 Å². The minimum atomic E-state index is -0.738. The van der Waals surface area contributed by atoms with E-state index >= 15 is 0 Å². The van der Waals surface area contributed by atoms with Crippen LogP contribution in [-0.4, -0.2) is 29.2 Å². The van der Waals surface area contributed by atoms with Gasteiger partial charge in [0.2, 0.25) is 0 Å². The highest BCUT2D eigenvalue weighted by Crippen LogP contribution is 2.14. The van der Waals surface area contributed by atoms with Gasteiger partial charge in [-0.3, -0.25) is 4.90 Å².